The molecule has 1 fully saturated rings. The van der Waals surface area contributed by atoms with E-state index in [-0.39, 0.29) is 12.4 Å². The summed E-state index contributed by atoms with van der Waals surface area (Å²) in [5.41, 5.74) is 3.22. The predicted octanol–water partition coefficient (Wildman–Crippen LogP) is 6.82. The molecule has 1 unspecified atom stereocenters. The van der Waals surface area contributed by atoms with Crippen molar-refractivity contribution < 1.29 is 23.8 Å². The van der Waals surface area contributed by atoms with Gasteiger partial charge in [0.15, 0.2) is 0 Å². The average Bonchev–Trinajstić information content (AvgIpc) is 3.64. The van der Waals surface area contributed by atoms with Crippen LogP contribution in [0, 0.1) is 5.95 Å². The second-order valence-electron chi connectivity index (χ2n) is 9.33. The summed E-state index contributed by atoms with van der Waals surface area (Å²) in [6.07, 6.45) is -0.135. The number of carbonyl (C=O) groups is 2. The number of nitrogens with zero attached hydrogens (tertiary/aromatic N) is 2. The number of amides is 1. The van der Waals surface area contributed by atoms with Gasteiger partial charge >= 0.3 is 12.1 Å². The Bertz CT molecular complexity index is 1500. The molecule has 0 aliphatic heterocycles. The molecule has 1 aliphatic rings. The number of benzene rings is 3. The first kappa shape index (κ1) is 25.5. The van der Waals surface area contributed by atoms with E-state index in [2.05, 4.69) is 10.4 Å². The largest absolute Gasteiger partial charge is 0.481 e. The summed E-state index contributed by atoms with van der Waals surface area (Å²) in [5.74, 6) is -1.40. The normalized spacial score (nSPS) is 14.5. The molecule has 4 aromatic rings. The third-order valence-electron chi connectivity index (χ3n) is 6.81. The van der Waals surface area contributed by atoms with Crippen LogP contribution >= 0.6 is 11.6 Å². The third kappa shape index (κ3) is 5.13. The Hall–Kier alpha value is -4.17. The summed E-state index contributed by atoms with van der Waals surface area (Å²) in [6.45, 7) is 1.89. The lowest BCUT2D eigenvalue weighted by Crippen LogP contribution is -2.20. The van der Waals surface area contributed by atoms with Crippen LogP contribution in [0.25, 0.3) is 11.1 Å². The molecule has 9 heteroatoms. The lowest BCUT2D eigenvalue weighted by atomic mass is 9.88. The molecule has 7 nitrogen and oxygen atoms in total. The number of aliphatic carboxylic acids is 1. The zero-order valence-corrected chi connectivity index (χ0v) is 21.3. The van der Waals surface area contributed by atoms with Gasteiger partial charge in [0.1, 0.15) is 11.9 Å². The number of hydrogen-bond donors (Lipinski definition) is 2. The fourth-order valence-corrected chi connectivity index (χ4v) is 4.90. The molecule has 0 saturated heterocycles. The van der Waals surface area contributed by atoms with Crippen LogP contribution in [0.4, 0.5) is 15.0 Å². The van der Waals surface area contributed by atoms with E-state index in [9.17, 15) is 19.1 Å². The standard InChI is InChI=1S/C29H25ClFN3O4/c1-18(21-6-3-5-9-24(21)30)38-28(37)32-26-16-25(31)33-34(26)17-19-10-12-20(13-11-19)22-7-2-4-8-23(22)29(14-15-29)27(35)36/h2-13,16,18H,14-15,17H2,1H3,(H,32,37)(H,35,36). The first-order valence-corrected chi connectivity index (χ1v) is 12.5. The number of hydrogen-bond acceptors (Lipinski definition) is 4. The summed E-state index contributed by atoms with van der Waals surface area (Å²) in [4.78, 5) is 24.4. The molecule has 5 rings (SSSR count). The first-order valence-electron chi connectivity index (χ1n) is 12.1. The van der Waals surface area contributed by atoms with Crippen LogP contribution in [0.1, 0.15) is 42.6 Å². The fraction of sp³-hybridized carbons (Fsp3) is 0.207. The van der Waals surface area contributed by atoms with E-state index in [1.165, 1.54) is 4.68 Å². The Morgan fingerprint density at radius 3 is 2.47 bits per heavy atom. The van der Waals surface area contributed by atoms with Crippen LogP contribution in [-0.2, 0) is 21.5 Å². The van der Waals surface area contributed by atoms with Gasteiger partial charge in [0.05, 0.1) is 12.0 Å². The van der Waals surface area contributed by atoms with Gasteiger partial charge in [0, 0.05) is 16.7 Å². The molecular weight excluding hydrogens is 509 g/mol. The van der Waals surface area contributed by atoms with E-state index >= 15 is 0 Å². The van der Waals surface area contributed by atoms with Crippen molar-refractivity contribution in [1.82, 2.24) is 9.78 Å². The van der Waals surface area contributed by atoms with Crippen LogP contribution in [0.5, 0.6) is 0 Å². The summed E-state index contributed by atoms with van der Waals surface area (Å²) in [6, 6.07) is 23.3. The molecule has 0 spiro atoms. The van der Waals surface area contributed by atoms with Crippen LogP contribution < -0.4 is 5.32 Å². The number of ether oxygens (including phenoxy) is 1. The van der Waals surface area contributed by atoms with Crippen molar-refractivity contribution >= 4 is 29.5 Å². The molecule has 1 amide bonds. The molecular formula is C29H25ClFN3O4. The van der Waals surface area contributed by atoms with Crippen LogP contribution in [-0.4, -0.2) is 26.9 Å². The fourth-order valence-electron chi connectivity index (χ4n) is 4.61. The van der Waals surface area contributed by atoms with Gasteiger partial charge in [-0.3, -0.25) is 10.1 Å². The van der Waals surface area contributed by atoms with Gasteiger partial charge in [0.25, 0.3) is 0 Å². The molecule has 1 aliphatic carbocycles. The number of carboxylic acid groups (broad SMARTS) is 1. The second kappa shape index (κ2) is 10.3. The highest BCUT2D eigenvalue weighted by atomic mass is 35.5. The molecule has 1 aromatic heterocycles. The summed E-state index contributed by atoms with van der Waals surface area (Å²) < 4.78 is 20.8. The van der Waals surface area contributed by atoms with Crippen LogP contribution in [0.2, 0.25) is 5.02 Å². The number of rotatable bonds is 8. The number of carbonyl (C=O) groups excluding carboxylic acids is 1. The minimum absolute atomic E-state index is 0.144. The maximum absolute atomic E-state index is 14.0. The smallest absolute Gasteiger partial charge is 0.413 e. The molecule has 0 radical (unpaired) electrons. The van der Waals surface area contributed by atoms with Gasteiger partial charge in [0.2, 0.25) is 5.95 Å². The second-order valence-corrected chi connectivity index (χ2v) is 9.74. The molecule has 194 valence electrons. The van der Waals surface area contributed by atoms with Crippen molar-refractivity contribution in [1.29, 1.82) is 0 Å². The Labute approximate surface area is 223 Å². The highest BCUT2D eigenvalue weighted by molar-refractivity contribution is 6.31. The van der Waals surface area contributed by atoms with Crippen LogP contribution in [0.3, 0.4) is 0 Å². The number of aromatic nitrogens is 2. The first-order chi connectivity index (χ1) is 18.3. The van der Waals surface area contributed by atoms with Crippen molar-refractivity contribution in [2.75, 3.05) is 5.32 Å². The molecule has 2 N–H and O–H groups in total. The summed E-state index contributed by atoms with van der Waals surface area (Å²) >= 11 is 6.18. The van der Waals surface area contributed by atoms with Crippen LogP contribution in [0.15, 0.2) is 78.9 Å². The molecule has 0 bridgehead atoms. The molecule has 1 atom stereocenters. The van der Waals surface area contributed by atoms with Gasteiger partial charge in [-0.05, 0) is 48.1 Å². The van der Waals surface area contributed by atoms with E-state index < -0.39 is 29.5 Å². The lowest BCUT2D eigenvalue weighted by molar-refractivity contribution is -0.140. The monoisotopic (exact) mass is 533 g/mol. The Kier molecular flexibility index (Phi) is 6.91. The Morgan fingerprint density at radius 1 is 1.11 bits per heavy atom. The number of anilines is 1. The maximum Gasteiger partial charge on any atom is 0.413 e. The minimum atomic E-state index is -0.819. The van der Waals surface area contributed by atoms with Crippen molar-refractivity contribution in [3.63, 3.8) is 0 Å². The van der Waals surface area contributed by atoms with E-state index in [1.54, 1.807) is 31.2 Å². The van der Waals surface area contributed by atoms with Gasteiger partial charge in [-0.1, -0.05) is 78.3 Å². The topological polar surface area (TPSA) is 93.5 Å². The van der Waals surface area contributed by atoms with E-state index in [1.807, 2.05) is 48.5 Å². The molecule has 1 heterocycles. The van der Waals surface area contributed by atoms with Gasteiger partial charge in [-0.2, -0.15) is 4.39 Å². The van der Waals surface area contributed by atoms with Crippen molar-refractivity contribution in [2.24, 2.45) is 0 Å². The van der Waals surface area contributed by atoms with Gasteiger partial charge in [-0.15, -0.1) is 5.10 Å². The maximum atomic E-state index is 14.0. The zero-order valence-electron chi connectivity index (χ0n) is 20.5. The SMILES string of the molecule is CC(OC(=O)Nc1cc(F)nn1Cc1ccc(-c2ccccc2C2(C(=O)O)CC2)cc1)c1ccccc1Cl. The van der Waals surface area contributed by atoms with Gasteiger partial charge < -0.3 is 9.84 Å². The molecule has 38 heavy (non-hydrogen) atoms. The lowest BCUT2D eigenvalue weighted by Gasteiger charge is -2.16. The zero-order chi connectivity index (χ0) is 26.9. The third-order valence-corrected chi connectivity index (χ3v) is 7.15. The molecule has 3 aromatic carbocycles. The number of nitrogens with one attached hydrogen (secondary N) is 1. The highest BCUT2D eigenvalue weighted by Gasteiger charge is 2.52. The Balaban J connectivity index is 1.30. The van der Waals surface area contributed by atoms with Crippen molar-refractivity contribution in [3.8, 4) is 11.1 Å². The molecule has 1 saturated carbocycles. The Morgan fingerprint density at radius 2 is 1.79 bits per heavy atom. The average molecular weight is 534 g/mol. The number of halogens is 2. The van der Waals surface area contributed by atoms with Gasteiger partial charge in [-0.25, -0.2) is 9.48 Å². The van der Waals surface area contributed by atoms with Crippen molar-refractivity contribution in [3.05, 3.63) is 107 Å². The summed E-state index contributed by atoms with van der Waals surface area (Å²) in [7, 11) is 0. The van der Waals surface area contributed by atoms with Crippen molar-refractivity contribution in [2.45, 2.75) is 37.8 Å². The summed E-state index contributed by atoms with van der Waals surface area (Å²) in [5, 5.41) is 16.6. The van der Waals surface area contributed by atoms with E-state index in [4.69, 9.17) is 16.3 Å². The minimum Gasteiger partial charge on any atom is -0.481 e. The predicted molar refractivity (Wildman–Crippen MR) is 142 cm³/mol. The number of carboxylic acids is 1. The highest BCUT2D eigenvalue weighted by Crippen LogP contribution is 2.51. The van der Waals surface area contributed by atoms with E-state index in [0.717, 1.165) is 28.3 Å². The van der Waals surface area contributed by atoms with E-state index in [0.29, 0.717) is 23.4 Å². The quantitative estimate of drug-likeness (QED) is 0.259.